The molecule has 1 aromatic carbocycles. The molecule has 0 fully saturated rings. The van der Waals surface area contributed by atoms with Crippen LogP contribution in [0.3, 0.4) is 0 Å². The highest BCUT2D eigenvalue weighted by molar-refractivity contribution is 5.68. The lowest BCUT2D eigenvalue weighted by Crippen LogP contribution is -1.93. The van der Waals surface area contributed by atoms with Crippen LogP contribution in [0.2, 0.25) is 0 Å². The minimum absolute atomic E-state index is 0.215. The molecule has 0 spiro atoms. The predicted molar refractivity (Wildman–Crippen MR) is 74.0 cm³/mol. The Morgan fingerprint density at radius 1 is 1.05 bits per heavy atom. The molecule has 0 aliphatic carbocycles. The lowest BCUT2D eigenvalue weighted by Gasteiger charge is -2.09. The van der Waals surface area contributed by atoms with Crippen molar-refractivity contribution in [1.82, 2.24) is 0 Å². The number of nitrogens with zero attached hydrogens (tertiary/aromatic N) is 3. The Hall–Kier alpha value is -3.43. The summed E-state index contributed by atoms with van der Waals surface area (Å²) in [5, 5.41) is 36.4. The number of hydrogen-bond acceptors (Lipinski definition) is 6. The first kappa shape index (κ1) is 15.6. The summed E-state index contributed by atoms with van der Waals surface area (Å²) in [6.07, 6.45) is 1.06. The van der Waals surface area contributed by atoms with Crippen LogP contribution in [-0.2, 0) is 0 Å². The van der Waals surface area contributed by atoms with E-state index in [0.29, 0.717) is 17.1 Å². The van der Waals surface area contributed by atoms with Crippen molar-refractivity contribution in [2.24, 2.45) is 0 Å². The lowest BCUT2D eigenvalue weighted by atomic mass is 10.1. The van der Waals surface area contributed by atoms with Gasteiger partial charge in [0.05, 0.1) is 19.8 Å². The van der Waals surface area contributed by atoms with Gasteiger partial charge in [-0.2, -0.15) is 15.8 Å². The largest absolute Gasteiger partial charge is 0.507 e. The topological polar surface area (TPSA) is 110 Å². The van der Waals surface area contributed by atoms with Crippen molar-refractivity contribution in [3.63, 3.8) is 0 Å². The zero-order chi connectivity index (χ0) is 15.8. The van der Waals surface area contributed by atoms with Crippen molar-refractivity contribution >= 4 is 5.76 Å². The van der Waals surface area contributed by atoms with Crippen LogP contribution in [0.25, 0.3) is 5.76 Å². The highest BCUT2D eigenvalue weighted by Gasteiger charge is 2.09. The van der Waals surface area contributed by atoms with Crippen molar-refractivity contribution in [2.75, 3.05) is 14.2 Å². The molecule has 0 atom stereocenters. The smallest absolute Gasteiger partial charge is 0.161 e. The number of aliphatic hydroxyl groups is 1. The summed E-state index contributed by atoms with van der Waals surface area (Å²) in [6.45, 7) is 0. The maximum absolute atomic E-state index is 10.0. The molecule has 6 heteroatoms. The van der Waals surface area contributed by atoms with E-state index in [1.54, 1.807) is 30.3 Å². The van der Waals surface area contributed by atoms with Crippen LogP contribution in [0.4, 0.5) is 0 Å². The third-order valence-corrected chi connectivity index (χ3v) is 2.57. The van der Waals surface area contributed by atoms with Crippen LogP contribution in [0.1, 0.15) is 5.56 Å². The summed E-state index contributed by atoms with van der Waals surface area (Å²) >= 11 is 0. The van der Waals surface area contributed by atoms with Gasteiger partial charge in [-0.05, 0) is 18.2 Å². The van der Waals surface area contributed by atoms with E-state index in [-0.39, 0.29) is 16.9 Å². The van der Waals surface area contributed by atoms with E-state index in [1.807, 2.05) is 0 Å². The molecular formula is C15H11N3O3. The molecule has 21 heavy (non-hydrogen) atoms. The molecule has 0 saturated heterocycles. The third kappa shape index (κ3) is 3.53. The van der Waals surface area contributed by atoms with E-state index in [4.69, 9.17) is 25.3 Å². The maximum Gasteiger partial charge on any atom is 0.161 e. The number of aliphatic hydroxyl groups excluding tert-OH is 1. The SMILES string of the molecule is COc1ccc(/C(O)=C/C(C#N)=C(C#N)C#N)cc1OC. The molecule has 1 N–H and O–H groups in total. The molecule has 6 nitrogen and oxygen atoms in total. The van der Waals surface area contributed by atoms with E-state index < -0.39 is 0 Å². The first-order valence-corrected chi connectivity index (χ1v) is 5.68. The van der Waals surface area contributed by atoms with E-state index in [9.17, 15) is 5.11 Å². The van der Waals surface area contributed by atoms with Gasteiger partial charge in [0.25, 0.3) is 0 Å². The molecule has 0 aromatic heterocycles. The van der Waals surface area contributed by atoms with Gasteiger partial charge in [0, 0.05) is 11.6 Å². The predicted octanol–water partition coefficient (Wildman–Crippen LogP) is 2.47. The minimum atomic E-state index is -0.371. The molecule has 0 bridgehead atoms. The first-order valence-electron chi connectivity index (χ1n) is 5.68. The van der Waals surface area contributed by atoms with Gasteiger partial charge in [0.15, 0.2) is 11.5 Å². The number of methoxy groups -OCH3 is 2. The number of hydrogen-bond donors (Lipinski definition) is 1. The van der Waals surface area contributed by atoms with Crippen LogP contribution in [-0.4, -0.2) is 19.3 Å². The summed E-state index contributed by atoms with van der Waals surface area (Å²) in [6, 6.07) is 9.55. The molecule has 1 rings (SSSR count). The van der Waals surface area contributed by atoms with Gasteiger partial charge >= 0.3 is 0 Å². The molecule has 1 aromatic rings. The highest BCUT2D eigenvalue weighted by Crippen LogP contribution is 2.30. The summed E-state index contributed by atoms with van der Waals surface area (Å²) in [5.41, 5.74) is -0.229. The van der Waals surface area contributed by atoms with Crippen molar-refractivity contribution in [1.29, 1.82) is 15.8 Å². The van der Waals surface area contributed by atoms with Crippen LogP contribution < -0.4 is 9.47 Å². The van der Waals surface area contributed by atoms with Crippen LogP contribution in [0.5, 0.6) is 11.5 Å². The zero-order valence-corrected chi connectivity index (χ0v) is 11.4. The fraction of sp³-hybridized carbons (Fsp3) is 0.133. The quantitative estimate of drug-likeness (QED) is 0.515. The number of benzene rings is 1. The highest BCUT2D eigenvalue weighted by atomic mass is 16.5. The Morgan fingerprint density at radius 3 is 2.14 bits per heavy atom. The molecule has 0 aliphatic heterocycles. The second-order valence-electron chi connectivity index (χ2n) is 3.72. The fourth-order valence-corrected chi connectivity index (χ4v) is 1.52. The molecule has 104 valence electrons. The maximum atomic E-state index is 10.0. The molecule has 0 amide bonds. The average molecular weight is 281 g/mol. The number of allylic oxidation sites excluding steroid dienone is 3. The van der Waals surface area contributed by atoms with E-state index in [0.717, 1.165) is 6.08 Å². The Bertz CT molecular complexity index is 712. The van der Waals surface area contributed by atoms with Crippen molar-refractivity contribution in [3.8, 4) is 29.7 Å². The molecule has 0 heterocycles. The van der Waals surface area contributed by atoms with E-state index in [2.05, 4.69) is 0 Å². The monoisotopic (exact) mass is 281 g/mol. The van der Waals surface area contributed by atoms with Gasteiger partial charge in [-0.3, -0.25) is 0 Å². The summed E-state index contributed by atoms with van der Waals surface area (Å²) in [5.74, 6) is 0.619. The summed E-state index contributed by atoms with van der Waals surface area (Å²) in [7, 11) is 2.93. The van der Waals surface area contributed by atoms with Gasteiger partial charge in [-0.15, -0.1) is 0 Å². The Kier molecular flexibility index (Phi) is 5.38. The minimum Gasteiger partial charge on any atom is -0.507 e. The fourth-order valence-electron chi connectivity index (χ4n) is 1.52. The van der Waals surface area contributed by atoms with Crippen LogP contribution in [0.15, 0.2) is 35.4 Å². The molecule has 0 radical (unpaired) electrons. The van der Waals surface area contributed by atoms with Crippen molar-refractivity contribution in [3.05, 3.63) is 41.0 Å². The van der Waals surface area contributed by atoms with Crippen molar-refractivity contribution in [2.45, 2.75) is 0 Å². The number of ether oxygens (including phenoxy) is 2. The second kappa shape index (κ2) is 7.23. The zero-order valence-electron chi connectivity index (χ0n) is 11.4. The van der Waals surface area contributed by atoms with Crippen molar-refractivity contribution < 1.29 is 14.6 Å². The van der Waals surface area contributed by atoms with Gasteiger partial charge in [-0.1, -0.05) is 0 Å². The Balaban J connectivity index is 3.33. The summed E-state index contributed by atoms with van der Waals surface area (Å²) in [4.78, 5) is 0. The Morgan fingerprint density at radius 2 is 1.67 bits per heavy atom. The molecule has 0 unspecified atom stereocenters. The second-order valence-corrected chi connectivity index (χ2v) is 3.72. The standard InChI is InChI=1S/C15H11N3O3/c1-20-14-4-3-10(6-15(14)21-2)13(19)5-11(7-16)12(8-17)9-18/h3-6,19H,1-2H3/b13-5-. The normalized spacial score (nSPS) is 9.76. The van der Waals surface area contributed by atoms with Gasteiger partial charge < -0.3 is 14.6 Å². The van der Waals surface area contributed by atoms with Crippen LogP contribution in [0, 0.1) is 34.0 Å². The lowest BCUT2D eigenvalue weighted by molar-refractivity contribution is 0.354. The molecular weight excluding hydrogens is 270 g/mol. The van der Waals surface area contributed by atoms with Gasteiger partial charge in [-0.25, -0.2) is 0 Å². The molecule has 0 aliphatic rings. The number of nitriles is 3. The summed E-state index contributed by atoms with van der Waals surface area (Å²) < 4.78 is 10.2. The van der Waals surface area contributed by atoms with Gasteiger partial charge in [0.2, 0.25) is 0 Å². The van der Waals surface area contributed by atoms with Crippen LogP contribution >= 0.6 is 0 Å². The average Bonchev–Trinajstić information content (AvgIpc) is 2.53. The molecule has 0 saturated carbocycles. The Labute approximate surface area is 122 Å². The third-order valence-electron chi connectivity index (χ3n) is 2.57. The number of rotatable bonds is 4. The van der Waals surface area contributed by atoms with Gasteiger partial charge in [0.1, 0.15) is 29.5 Å². The first-order chi connectivity index (χ1) is 10.1. The van der Waals surface area contributed by atoms with E-state index in [1.165, 1.54) is 20.3 Å². The van der Waals surface area contributed by atoms with E-state index >= 15 is 0 Å².